The molecule has 1 aromatic carbocycles. The van der Waals surface area contributed by atoms with Crippen LogP contribution in [0.2, 0.25) is 0 Å². The Balaban J connectivity index is 1.85. The number of thiophene rings is 1. The molecule has 4 rings (SSSR count). The van der Waals surface area contributed by atoms with Gasteiger partial charge in [-0.25, -0.2) is 4.98 Å². The first kappa shape index (κ1) is 12.7. The highest BCUT2D eigenvalue weighted by Crippen LogP contribution is 2.54. The number of halogens is 2. The standard InChI is InChI=1S/C15H12Cl2N2S/c16-15(17)8-10(15)9-19-12-5-2-1-4-11(12)18-14(19)13-6-3-7-20-13/h1-7,10H,8-9H2/t10-/m0/s1. The Hall–Kier alpha value is -1.03. The summed E-state index contributed by atoms with van der Waals surface area (Å²) in [5.41, 5.74) is 2.17. The Morgan fingerprint density at radius 1 is 1.25 bits per heavy atom. The largest absolute Gasteiger partial charge is 0.323 e. The lowest BCUT2D eigenvalue weighted by atomic mass is 10.3. The Morgan fingerprint density at radius 2 is 2.05 bits per heavy atom. The molecule has 0 amide bonds. The van der Waals surface area contributed by atoms with E-state index in [9.17, 15) is 0 Å². The van der Waals surface area contributed by atoms with E-state index in [2.05, 4.69) is 22.1 Å². The van der Waals surface area contributed by atoms with E-state index in [4.69, 9.17) is 28.2 Å². The van der Waals surface area contributed by atoms with Crippen LogP contribution in [-0.4, -0.2) is 13.9 Å². The summed E-state index contributed by atoms with van der Waals surface area (Å²) < 4.78 is 1.69. The van der Waals surface area contributed by atoms with Crippen molar-refractivity contribution in [3.63, 3.8) is 0 Å². The lowest BCUT2D eigenvalue weighted by Gasteiger charge is -2.08. The number of hydrogen-bond donors (Lipinski definition) is 0. The third-order valence-electron chi connectivity index (χ3n) is 3.75. The number of fused-ring (bicyclic) bond motifs is 1. The van der Waals surface area contributed by atoms with Crippen molar-refractivity contribution in [3.05, 3.63) is 41.8 Å². The maximum Gasteiger partial charge on any atom is 0.151 e. The zero-order valence-electron chi connectivity index (χ0n) is 10.6. The minimum Gasteiger partial charge on any atom is -0.323 e. The Bertz CT molecular complexity index is 761. The maximum atomic E-state index is 6.19. The van der Waals surface area contributed by atoms with Gasteiger partial charge in [0.2, 0.25) is 0 Å². The predicted molar refractivity (Wildman–Crippen MR) is 85.6 cm³/mol. The van der Waals surface area contributed by atoms with Crippen molar-refractivity contribution < 1.29 is 0 Å². The molecule has 5 heteroatoms. The molecule has 0 N–H and O–H groups in total. The summed E-state index contributed by atoms with van der Waals surface area (Å²) >= 11 is 14.1. The SMILES string of the molecule is ClC1(Cl)C[C@H]1Cn1c(-c2cccs2)nc2ccccc21. The topological polar surface area (TPSA) is 17.8 Å². The summed E-state index contributed by atoms with van der Waals surface area (Å²) in [5, 5.41) is 2.07. The maximum absolute atomic E-state index is 6.19. The highest BCUT2D eigenvalue weighted by atomic mass is 35.5. The summed E-state index contributed by atoms with van der Waals surface area (Å²) in [6.07, 6.45) is 0.854. The molecule has 2 aromatic heterocycles. The molecular weight excluding hydrogens is 311 g/mol. The van der Waals surface area contributed by atoms with Gasteiger partial charge < -0.3 is 4.57 Å². The third kappa shape index (κ3) is 2.05. The van der Waals surface area contributed by atoms with Gasteiger partial charge in [-0.05, 0) is 30.0 Å². The van der Waals surface area contributed by atoms with Gasteiger partial charge in [-0.15, -0.1) is 34.5 Å². The molecule has 1 aliphatic carbocycles. The van der Waals surface area contributed by atoms with Crippen LogP contribution in [0.3, 0.4) is 0 Å². The van der Waals surface area contributed by atoms with Gasteiger partial charge in [-0.1, -0.05) is 18.2 Å². The molecule has 0 bridgehead atoms. The van der Waals surface area contributed by atoms with Crippen LogP contribution in [0.25, 0.3) is 21.7 Å². The summed E-state index contributed by atoms with van der Waals surface area (Å²) in [4.78, 5) is 5.95. The second-order valence-electron chi connectivity index (χ2n) is 5.17. The molecule has 0 aliphatic heterocycles. The highest BCUT2D eigenvalue weighted by molar-refractivity contribution is 7.13. The van der Waals surface area contributed by atoms with Crippen molar-refractivity contribution in [3.8, 4) is 10.7 Å². The van der Waals surface area contributed by atoms with Crippen molar-refractivity contribution in [1.82, 2.24) is 9.55 Å². The number of benzene rings is 1. The van der Waals surface area contributed by atoms with E-state index in [1.54, 1.807) is 11.3 Å². The van der Waals surface area contributed by atoms with Gasteiger partial charge in [0.05, 0.1) is 15.9 Å². The Labute approximate surface area is 131 Å². The van der Waals surface area contributed by atoms with Crippen LogP contribution in [0.15, 0.2) is 41.8 Å². The third-order valence-corrected chi connectivity index (χ3v) is 5.55. The van der Waals surface area contributed by atoms with Gasteiger partial charge in [0.25, 0.3) is 0 Å². The van der Waals surface area contributed by atoms with E-state index in [1.807, 2.05) is 24.3 Å². The first-order chi connectivity index (χ1) is 9.65. The zero-order chi connectivity index (χ0) is 13.7. The Morgan fingerprint density at radius 3 is 2.75 bits per heavy atom. The van der Waals surface area contributed by atoms with E-state index in [1.165, 1.54) is 4.88 Å². The molecule has 1 atom stereocenters. The molecule has 20 heavy (non-hydrogen) atoms. The quantitative estimate of drug-likeness (QED) is 0.623. The van der Waals surface area contributed by atoms with E-state index in [0.29, 0.717) is 5.92 Å². The van der Waals surface area contributed by atoms with Crippen molar-refractivity contribution in [2.45, 2.75) is 17.3 Å². The fourth-order valence-electron chi connectivity index (χ4n) is 2.54. The van der Waals surface area contributed by atoms with Gasteiger partial charge in [0, 0.05) is 12.5 Å². The molecule has 1 aliphatic rings. The fourth-order valence-corrected chi connectivity index (χ4v) is 3.77. The highest BCUT2D eigenvalue weighted by Gasteiger charge is 2.51. The second kappa shape index (κ2) is 4.48. The number of rotatable bonds is 3. The molecular formula is C15H12Cl2N2S. The van der Waals surface area contributed by atoms with Gasteiger partial charge in [0.15, 0.2) is 5.82 Å². The van der Waals surface area contributed by atoms with E-state index >= 15 is 0 Å². The molecule has 2 heterocycles. The summed E-state index contributed by atoms with van der Waals surface area (Å²) in [5.74, 6) is 1.32. The second-order valence-corrected chi connectivity index (χ2v) is 7.66. The molecule has 102 valence electrons. The minimum absolute atomic E-state index is 0.308. The lowest BCUT2D eigenvalue weighted by Crippen LogP contribution is -2.05. The van der Waals surface area contributed by atoms with Crippen LogP contribution in [0.4, 0.5) is 0 Å². The average Bonchev–Trinajstić information content (AvgIpc) is 2.87. The molecule has 1 saturated carbocycles. The number of aromatic nitrogens is 2. The van der Waals surface area contributed by atoms with E-state index < -0.39 is 4.33 Å². The number of para-hydroxylation sites is 2. The lowest BCUT2D eigenvalue weighted by molar-refractivity contribution is 0.643. The zero-order valence-corrected chi connectivity index (χ0v) is 12.9. The number of hydrogen-bond acceptors (Lipinski definition) is 2. The first-order valence-electron chi connectivity index (χ1n) is 6.52. The predicted octanol–water partition coefficient (Wildman–Crippen LogP) is 4.96. The normalized spacial score (nSPS) is 20.4. The summed E-state index contributed by atoms with van der Waals surface area (Å²) in [7, 11) is 0. The summed E-state index contributed by atoms with van der Waals surface area (Å²) in [6.45, 7) is 0.820. The van der Waals surface area contributed by atoms with E-state index in [0.717, 1.165) is 29.8 Å². The minimum atomic E-state index is -0.557. The van der Waals surface area contributed by atoms with Gasteiger partial charge in [0.1, 0.15) is 4.33 Å². The molecule has 2 nitrogen and oxygen atoms in total. The number of nitrogens with zero attached hydrogens (tertiary/aromatic N) is 2. The van der Waals surface area contributed by atoms with Crippen molar-refractivity contribution in [2.75, 3.05) is 0 Å². The molecule has 1 fully saturated rings. The van der Waals surface area contributed by atoms with Crippen LogP contribution in [0.1, 0.15) is 6.42 Å². The van der Waals surface area contributed by atoms with Crippen molar-refractivity contribution in [2.24, 2.45) is 5.92 Å². The smallest absolute Gasteiger partial charge is 0.151 e. The van der Waals surface area contributed by atoms with Crippen LogP contribution in [0, 0.1) is 5.92 Å². The fraction of sp³-hybridized carbons (Fsp3) is 0.267. The average molecular weight is 323 g/mol. The van der Waals surface area contributed by atoms with Gasteiger partial charge >= 0.3 is 0 Å². The Kier molecular flexibility index (Phi) is 2.85. The molecule has 0 radical (unpaired) electrons. The van der Waals surface area contributed by atoms with Crippen molar-refractivity contribution >= 4 is 45.6 Å². The number of imidazole rings is 1. The molecule has 0 spiro atoms. The van der Waals surface area contributed by atoms with Crippen LogP contribution in [0.5, 0.6) is 0 Å². The molecule has 0 unspecified atom stereocenters. The number of alkyl halides is 2. The van der Waals surface area contributed by atoms with Gasteiger partial charge in [-0.3, -0.25) is 0 Å². The van der Waals surface area contributed by atoms with E-state index in [-0.39, 0.29) is 0 Å². The van der Waals surface area contributed by atoms with Crippen LogP contribution >= 0.6 is 34.5 Å². The van der Waals surface area contributed by atoms with Crippen LogP contribution in [-0.2, 0) is 6.54 Å². The van der Waals surface area contributed by atoms with Crippen LogP contribution < -0.4 is 0 Å². The molecule has 3 aromatic rings. The molecule has 0 saturated heterocycles. The monoisotopic (exact) mass is 322 g/mol. The summed E-state index contributed by atoms with van der Waals surface area (Å²) in [6, 6.07) is 12.4. The first-order valence-corrected chi connectivity index (χ1v) is 8.16. The van der Waals surface area contributed by atoms with Gasteiger partial charge in [-0.2, -0.15) is 0 Å². The van der Waals surface area contributed by atoms with Crippen molar-refractivity contribution in [1.29, 1.82) is 0 Å².